The van der Waals surface area contributed by atoms with E-state index in [1.54, 1.807) is 12.1 Å². The van der Waals surface area contributed by atoms with E-state index in [4.69, 9.17) is 0 Å². The van der Waals surface area contributed by atoms with Gasteiger partial charge in [0.25, 0.3) is 11.5 Å². The van der Waals surface area contributed by atoms with Crippen LogP contribution in [0.4, 0.5) is 0 Å². The molecule has 2 N–H and O–H groups in total. The van der Waals surface area contributed by atoms with E-state index in [1.807, 2.05) is 13.8 Å². The Hall–Kier alpha value is -2.78. The number of sulfonamides is 1. The molecule has 0 spiro atoms. The Balaban J connectivity index is 1.75. The second kappa shape index (κ2) is 7.81. The van der Waals surface area contributed by atoms with Crippen molar-refractivity contribution in [3.8, 4) is 0 Å². The Morgan fingerprint density at radius 1 is 1.13 bits per heavy atom. The first kappa shape index (κ1) is 21.9. The molecule has 1 aliphatic rings. The smallest absolute Gasteiger partial charge is 0.261 e. The summed E-state index contributed by atoms with van der Waals surface area (Å²) in [7, 11) is -0.628. The van der Waals surface area contributed by atoms with Gasteiger partial charge in [-0.3, -0.25) is 14.4 Å². The number of nitrogens with zero attached hydrogens (tertiary/aromatic N) is 1. The van der Waals surface area contributed by atoms with E-state index in [9.17, 15) is 22.8 Å². The van der Waals surface area contributed by atoms with Crippen molar-refractivity contribution >= 4 is 21.7 Å². The number of pyridine rings is 1. The number of fused-ring (bicyclic) bond motifs is 1. The van der Waals surface area contributed by atoms with Gasteiger partial charge in [-0.15, -0.1) is 0 Å². The van der Waals surface area contributed by atoms with E-state index in [0.29, 0.717) is 29.7 Å². The molecule has 1 aromatic carbocycles. The van der Waals surface area contributed by atoms with Gasteiger partial charge in [-0.25, -0.2) is 12.7 Å². The van der Waals surface area contributed by atoms with Crippen molar-refractivity contribution < 1.29 is 18.0 Å². The number of carbonyl (C=O) groups is 2. The van der Waals surface area contributed by atoms with Crippen molar-refractivity contribution in [2.75, 3.05) is 14.1 Å². The number of amides is 1. The third kappa shape index (κ3) is 4.36. The Bertz CT molecular complexity index is 1160. The molecule has 0 fully saturated rings. The highest BCUT2D eigenvalue weighted by Crippen LogP contribution is 2.33. The number of aromatic nitrogens is 1. The summed E-state index contributed by atoms with van der Waals surface area (Å²) in [4.78, 5) is 40.2. The van der Waals surface area contributed by atoms with Crippen LogP contribution in [0.1, 0.15) is 52.2 Å². The van der Waals surface area contributed by atoms with Crippen LogP contribution in [-0.4, -0.2) is 43.5 Å². The second-order valence-electron chi connectivity index (χ2n) is 8.46. The lowest BCUT2D eigenvalue weighted by atomic mass is 9.75. The Kier molecular flexibility index (Phi) is 5.70. The van der Waals surface area contributed by atoms with Crippen LogP contribution in [0.5, 0.6) is 0 Å². The fourth-order valence-electron chi connectivity index (χ4n) is 3.46. The average Bonchev–Trinajstić information content (AvgIpc) is 2.65. The van der Waals surface area contributed by atoms with Crippen molar-refractivity contribution in [3.05, 3.63) is 63.1 Å². The van der Waals surface area contributed by atoms with E-state index < -0.39 is 21.5 Å². The van der Waals surface area contributed by atoms with Crippen LogP contribution in [0.3, 0.4) is 0 Å². The molecule has 30 heavy (non-hydrogen) atoms. The molecule has 0 saturated heterocycles. The van der Waals surface area contributed by atoms with Gasteiger partial charge < -0.3 is 10.3 Å². The maximum atomic E-state index is 12.5. The van der Waals surface area contributed by atoms with Gasteiger partial charge in [0.05, 0.1) is 4.90 Å². The summed E-state index contributed by atoms with van der Waals surface area (Å²) >= 11 is 0. The first-order chi connectivity index (χ1) is 13.9. The quantitative estimate of drug-likeness (QED) is 0.748. The molecule has 9 heteroatoms. The average molecular weight is 432 g/mol. The molecule has 160 valence electrons. The zero-order valence-electron chi connectivity index (χ0n) is 17.4. The summed E-state index contributed by atoms with van der Waals surface area (Å²) in [5, 5.41) is 2.64. The summed E-state index contributed by atoms with van der Waals surface area (Å²) in [5.41, 5.74) is 0.738. The highest BCUT2D eigenvalue weighted by atomic mass is 32.2. The minimum absolute atomic E-state index is 0.0933. The molecule has 0 saturated carbocycles. The molecular weight excluding hydrogens is 406 g/mol. The Labute approximate surface area is 175 Å². The van der Waals surface area contributed by atoms with E-state index in [0.717, 1.165) is 4.31 Å². The lowest BCUT2D eigenvalue weighted by Gasteiger charge is -2.29. The number of ketones is 1. The van der Waals surface area contributed by atoms with Crippen LogP contribution in [0, 0.1) is 5.41 Å². The molecule has 2 aromatic rings. The molecule has 0 radical (unpaired) electrons. The van der Waals surface area contributed by atoms with Crippen LogP contribution in [0.15, 0.2) is 40.0 Å². The molecule has 1 heterocycles. The molecule has 3 rings (SSSR count). The highest BCUT2D eigenvalue weighted by molar-refractivity contribution is 7.89. The SMILES string of the molecule is CN(C)S(=O)(=O)c1ccc(CNC(=O)c2cc3c([nH]c2=O)CC(C)(C)CC3=O)cc1. The van der Waals surface area contributed by atoms with Gasteiger partial charge in [-0.2, -0.15) is 0 Å². The number of carbonyl (C=O) groups excluding carboxylic acids is 2. The number of hydrogen-bond acceptors (Lipinski definition) is 5. The monoisotopic (exact) mass is 431 g/mol. The Morgan fingerprint density at radius 3 is 2.37 bits per heavy atom. The zero-order chi connectivity index (χ0) is 22.3. The largest absolute Gasteiger partial charge is 0.348 e. The highest BCUT2D eigenvalue weighted by Gasteiger charge is 2.32. The second-order valence-corrected chi connectivity index (χ2v) is 10.6. The topological polar surface area (TPSA) is 116 Å². The summed E-state index contributed by atoms with van der Waals surface area (Å²) in [6, 6.07) is 7.48. The molecule has 0 unspecified atom stereocenters. The Morgan fingerprint density at radius 2 is 1.77 bits per heavy atom. The van der Waals surface area contributed by atoms with Gasteiger partial charge in [-0.1, -0.05) is 26.0 Å². The first-order valence-corrected chi connectivity index (χ1v) is 10.9. The number of H-pyrrole nitrogens is 1. The molecule has 0 atom stereocenters. The van der Waals surface area contributed by atoms with Crippen molar-refractivity contribution in [2.45, 2.75) is 38.1 Å². The molecule has 0 aliphatic heterocycles. The normalized spacial score (nSPS) is 15.7. The number of rotatable bonds is 5. The van der Waals surface area contributed by atoms with Crippen molar-refractivity contribution in [1.29, 1.82) is 0 Å². The lowest BCUT2D eigenvalue weighted by Crippen LogP contribution is -2.34. The minimum atomic E-state index is -3.53. The third-order valence-electron chi connectivity index (χ3n) is 5.12. The fraction of sp³-hybridized carbons (Fsp3) is 0.381. The number of hydrogen-bond donors (Lipinski definition) is 2. The van der Waals surface area contributed by atoms with E-state index >= 15 is 0 Å². The van der Waals surface area contributed by atoms with Crippen LogP contribution < -0.4 is 10.9 Å². The van der Waals surface area contributed by atoms with Crippen molar-refractivity contribution in [2.24, 2.45) is 5.41 Å². The predicted octanol–water partition coefficient (Wildman–Crippen LogP) is 1.71. The summed E-state index contributed by atoms with van der Waals surface area (Å²) < 4.78 is 25.3. The number of aromatic amines is 1. The van der Waals surface area contributed by atoms with E-state index in [-0.39, 0.29) is 28.2 Å². The molecule has 1 aliphatic carbocycles. The van der Waals surface area contributed by atoms with Crippen molar-refractivity contribution in [3.63, 3.8) is 0 Å². The summed E-state index contributed by atoms with van der Waals surface area (Å²) in [6.07, 6.45) is 0.919. The fourth-order valence-corrected chi connectivity index (χ4v) is 4.37. The van der Waals surface area contributed by atoms with E-state index in [1.165, 1.54) is 32.3 Å². The minimum Gasteiger partial charge on any atom is -0.348 e. The van der Waals surface area contributed by atoms with Crippen LogP contribution in [0.25, 0.3) is 0 Å². The standard InChI is InChI=1S/C21H25N3O5S/c1-21(2)10-17-15(18(25)11-21)9-16(20(27)23-17)19(26)22-12-13-5-7-14(8-6-13)30(28,29)24(3)4/h5-9H,10-12H2,1-4H3,(H,22,26)(H,23,27). The zero-order valence-corrected chi connectivity index (χ0v) is 18.2. The first-order valence-electron chi connectivity index (χ1n) is 9.50. The molecular formula is C21H25N3O5S. The van der Waals surface area contributed by atoms with Gasteiger partial charge in [-0.05, 0) is 35.6 Å². The maximum Gasteiger partial charge on any atom is 0.261 e. The van der Waals surface area contributed by atoms with Crippen LogP contribution >= 0.6 is 0 Å². The van der Waals surface area contributed by atoms with Gasteiger partial charge >= 0.3 is 0 Å². The third-order valence-corrected chi connectivity index (χ3v) is 6.95. The predicted molar refractivity (Wildman–Crippen MR) is 112 cm³/mol. The lowest BCUT2D eigenvalue weighted by molar-refractivity contribution is 0.0910. The molecule has 1 amide bonds. The molecule has 0 bridgehead atoms. The number of nitrogens with one attached hydrogen (secondary N) is 2. The van der Waals surface area contributed by atoms with Crippen LogP contribution in [0.2, 0.25) is 0 Å². The van der Waals surface area contributed by atoms with Gasteiger partial charge in [0, 0.05) is 38.3 Å². The van der Waals surface area contributed by atoms with Gasteiger partial charge in [0.2, 0.25) is 10.0 Å². The van der Waals surface area contributed by atoms with Gasteiger partial charge in [0.15, 0.2) is 5.78 Å². The number of Topliss-reactive ketones (excluding diaryl/α,β-unsaturated/α-hetero) is 1. The molecule has 8 nitrogen and oxygen atoms in total. The number of benzene rings is 1. The van der Waals surface area contributed by atoms with Gasteiger partial charge in [0.1, 0.15) is 5.56 Å². The molecule has 1 aromatic heterocycles. The summed E-state index contributed by atoms with van der Waals surface area (Å²) in [6.45, 7) is 4.03. The van der Waals surface area contributed by atoms with E-state index in [2.05, 4.69) is 10.3 Å². The van der Waals surface area contributed by atoms with Crippen molar-refractivity contribution in [1.82, 2.24) is 14.6 Å². The summed E-state index contributed by atoms with van der Waals surface area (Å²) in [5.74, 6) is -0.689. The van der Waals surface area contributed by atoms with Crippen LogP contribution in [-0.2, 0) is 23.0 Å². The maximum absolute atomic E-state index is 12.5.